The topological polar surface area (TPSA) is 109 Å². The fourth-order valence-electron chi connectivity index (χ4n) is 2.57. The molecule has 0 unspecified atom stereocenters. The highest BCUT2D eigenvalue weighted by Crippen LogP contribution is 2.33. The second-order valence-corrected chi connectivity index (χ2v) is 6.55. The first-order valence-electron chi connectivity index (χ1n) is 8.41. The number of nitriles is 1. The van der Waals surface area contributed by atoms with E-state index in [9.17, 15) is 20.2 Å². The lowest BCUT2D eigenvalue weighted by atomic mass is 10.1. The fourth-order valence-corrected chi connectivity index (χ4v) is 2.73. The Morgan fingerprint density at radius 1 is 1.21 bits per heavy atom. The van der Waals surface area contributed by atoms with Crippen LogP contribution in [-0.4, -0.2) is 10.8 Å². The third kappa shape index (κ3) is 4.69. The van der Waals surface area contributed by atoms with Gasteiger partial charge in [-0.15, -0.1) is 0 Å². The molecule has 0 radical (unpaired) electrons. The zero-order valence-corrected chi connectivity index (χ0v) is 15.9. The molecule has 8 heteroatoms. The van der Waals surface area contributed by atoms with Crippen LogP contribution in [0.4, 0.5) is 11.4 Å². The first-order chi connectivity index (χ1) is 13.9. The predicted octanol–water partition coefficient (Wildman–Crippen LogP) is 5.36. The number of nitro benzene ring substituents is 1. The number of amides is 1. The Kier molecular flexibility index (Phi) is 5.77. The van der Waals surface area contributed by atoms with E-state index >= 15 is 0 Å². The van der Waals surface area contributed by atoms with Crippen LogP contribution < -0.4 is 5.32 Å². The molecule has 1 aromatic heterocycles. The third-order valence-electron chi connectivity index (χ3n) is 4.01. The summed E-state index contributed by atoms with van der Waals surface area (Å²) in [7, 11) is 0. The van der Waals surface area contributed by atoms with Gasteiger partial charge in [-0.1, -0.05) is 29.3 Å². The summed E-state index contributed by atoms with van der Waals surface area (Å²) in [5, 5.41) is 23.4. The van der Waals surface area contributed by atoms with Crippen LogP contribution in [0.2, 0.25) is 5.02 Å². The van der Waals surface area contributed by atoms with Crippen molar-refractivity contribution in [1.29, 1.82) is 5.26 Å². The molecule has 1 heterocycles. The molecule has 144 valence electrons. The molecule has 3 rings (SSSR count). The van der Waals surface area contributed by atoms with E-state index in [4.69, 9.17) is 16.0 Å². The summed E-state index contributed by atoms with van der Waals surface area (Å²) >= 11 is 5.83. The normalized spacial score (nSPS) is 11.0. The predicted molar refractivity (Wildman–Crippen MR) is 109 cm³/mol. The Bertz CT molecular complexity index is 1160. The Morgan fingerprint density at radius 3 is 2.59 bits per heavy atom. The number of hydrogen-bond acceptors (Lipinski definition) is 5. The molecular weight excluding hydrogens is 394 g/mol. The van der Waals surface area contributed by atoms with Gasteiger partial charge < -0.3 is 9.73 Å². The maximum absolute atomic E-state index is 12.3. The first kappa shape index (κ1) is 19.9. The van der Waals surface area contributed by atoms with Crippen molar-refractivity contribution in [2.45, 2.75) is 6.92 Å². The maximum Gasteiger partial charge on any atom is 0.281 e. The van der Waals surface area contributed by atoms with Crippen molar-refractivity contribution in [3.05, 3.63) is 86.6 Å². The van der Waals surface area contributed by atoms with Crippen molar-refractivity contribution in [2.24, 2.45) is 0 Å². The van der Waals surface area contributed by atoms with Crippen LogP contribution in [0.25, 0.3) is 17.4 Å². The van der Waals surface area contributed by atoms with Crippen LogP contribution in [-0.2, 0) is 4.79 Å². The highest BCUT2D eigenvalue weighted by Gasteiger charge is 2.19. The van der Waals surface area contributed by atoms with Gasteiger partial charge in [0, 0.05) is 22.9 Å². The Labute approximate surface area is 171 Å². The minimum atomic E-state index is -0.591. The smallest absolute Gasteiger partial charge is 0.281 e. The maximum atomic E-state index is 12.3. The summed E-state index contributed by atoms with van der Waals surface area (Å²) < 4.78 is 5.59. The number of carbonyl (C=O) groups is 1. The molecule has 0 aliphatic rings. The van der Waals surface area contributed by atoms with E-state index in [1.165, 1.54) is 36.4 Å². The number of furan rings is 1. The van der Waals surface area contributed by atoms with Crippen molar-refractivity contribution in [3.63, 3.8) is 0 Å². The third-order valence-corrected chi connectivity index (χ3v) is 4.24. The molecule has 0 saturated heterocycles. The average molecular weight is 408 g/mol. The molecule has 0 spiro atoms. The quantitative estimate of drug-likeness (QED) is 0.265. The van der Waals surface area contributed by atoms with Crippen molar-refractivity contribution < 1.29 is 14.1 Å². The number of nitrogens with one attached hydrogen (secondary N) is 1. The number of aryl methyl sites for hydroxylation is 1. The van der Waals surface area contributed by atoms with Crippen LogP contribution in [0.5, 0.6) is 0 Å². The lowest BCUT2D eigenvalue weighted by Crippen LogP contribution is -2.13. The summed E-state index contributed by atoms with van der Waals surface area (Å²) in [6.07, 6.45) is 1.27. The van der Waals surface area contributed by atoms with Gasteiger partial charge in [-0.3, -0.25) is 14.9 Å². The molecule has 1 N–H and O–H groups in total. The van der Waals surface area contributed by atoms with Crippen LogP contribution in [0.3, 0.4) is 0 Å². The van der Waals surface area contributed by atoms with Gasteiger partial charge in [0.25, 0.3) is 11.6 Å². The van der Waals surface area contributed by atoms with Gasteiger partial charge in [-0.25, -0.2) is 0 Å². The molecule has 0 atom stereocenters. The van der Waals surface area contributed by atoms with Crippen molar-refractivity contribution >= 4 is 35.0 Å². The Morgan fingerprint density at radius 2 is 1.93 bits per heavy atom. The Hall–Kier alpha value is -3.89. The van der Waals surface area contributed by atoms with E-state index in [1.54, 1.807) is 12.1 Å². The molecule has 0 fully saturated rings. The SMILES string of the molecule is Cc1ccc(NC(=O)/C(C#N)=C\c2ccc(-c3ccc(Cl)cc3[N+](=O)[O-])o2)cc1. The van der Waals surface area contributed by atoms with Crippen LogP contribution in [0.1, 0.15) is 11.3 Å². The van der Waals surface area contributed by atoms with Crippen molar-refractivity contribution in [2.75, 3.05) is 5.32 Å². The largest absolute Gasteiger partial charge is 0.456 e. The number of nitrogens with zero attached hydrogens (tertiary/aromatic N) is 2. The molecule has 7 nitrogen and oxygen atoms in total. The van der Waals surface area contributed by atoms with Crippen LogP contribution in [0, 0.1) is 28.4 Å². The minimum absolute atomic E-state index is 0.169. The molecule has 1 amide bonds. The minimum Gasteiger partial charge on any atom is -0.456 e. The lowest BCUT2D eigenvalue weighted by molar-refractivity contribution is -0.384. The number of carbonyl (C=O) groups excluding carboxylic acids is 1. The first-order valence-corrected chi connectivity index (χ1v) is 8.79. The van der Waals surface area contributed by atoms with Gasteiger partial charge in [-0.2, -0.15) is 5.26 Å². The summed E-state index contributed by atoms with van der Waals surface area (Å²) in [6, 6.07) is 16.2. The second kappa shape index (κ2) is 8.42. The Balaban J connectivity index is 1.86. The zero-order chi connectivity index (χ0) is 21.0. The summed E-state index contributed by atoms with van der Waals surface area (Å²) in [5.74, 6) is -0.164. The van der Waals surface area contributed by atoms with Gasteiger partial charge in [0.05, 0.1) is 10.5 Å². The van der Waals surface area contributed by atoms with E-state index in [2.05, 4.69) is 5.32 Å². The summed E-state index contributed by atoms with van der Waals surface area (Å²) in [4.78, 5) is 23.0. The fraction of sp³-hybridized carbons (Fsp3) is 0.0476. The molecule has 3 aromatic rings. The van der Waals surface area contributed by atoms with E-state index in [0.29, 0.717) is 5.69 Å². The highest BCUT2D eigenvalue weighted by molar-refractivity contribution is 6.30. The molecule has 2 aromatic carbocycles. The van der Waals surface area contributed by atoms with Gasteiger partial charge >= 0.3 is 0 Å². The molecular formula is C21H14ClN3O4. The van der Waals surface area contributed by atoms with E-state index in [0.717, 1.165) is 5.56 Å². The van der Waals surface area contributed by atoms with Gasteiger partial charge in [0.2, 0.25) is 0 Å². The van der Waals surface area contributed by atoms with Crippen molar-refractivity contribution in [1.82, 2.24) is 0 Å². The molecule has 0 aliphatic heterocycles. The lowest BCUT2D eigenvalue weighted by Gasteiger charge is -2.04. The van der Waals surface area contributed by atoms with Crippen LogP contribution in [0.15, 0.2) is 64.6 Å². The molecule has 0 aliphatic carbocycles. The van der Waals surface area contributed by atoms with Gasteiger partial charge in [0.1, 0.15) is 23.2 Å². The standard InChI is InChI=1S/C21H14ClN3O4/c1-13-2-5-16(6-3-13)24-21(26)14(12-23)10-17-7-9-20(29-17)18-8-4-15(22)11-19(18)25(27)28/h2-11H,1H3,(H,24,26)/b14-10-. The number of hydrogen-bond donors (Lipinski definition) is 1. The second-order valence-electron chi connectivity index (χ2n) is 6.11. The van der Waals surface area contributed by atoms with E-state index in [1.807, 2.05) is 25.1 Å². The molecule has 29 heavy (non-hydrogen) atoms. The highest BCUT2D eigenvalue weighted by atomic mass is 35.5. The van der Waals surface area contributed by atoms with E-state index in [-0.39, 0.29) is 33.4 Å². The number of nitro groups is 1. The zero-order valence-electron chi connectivity index (χ0n) is 15.2. The monoisotopic (exact) mass is 407 g/mol. The summed E-state index contributed by atoms with van der Waals surface area (Å²) in [5.41, 5.74) is 1.45. The number of halogens is 1. The van der Waals surface area contributed by atoms with Gasteiger partial charge in [-0.05, 0) is 43.3 Å². The molecule has 0 saturated carbocycles. The molecule has 0 bridgehead atoms. The van der Waals surface area contributed by atoms with Gasteiger partial charge in [0.15, 0.2) is 0 Å². The number of rotatable bonds is 5. The number of anilines is 1. The summed E-state index contributed by atoms with van der Waals surface area (Å²) in [6.45, 7) is 1.92. The van der Waals surface area contributed by atoms with E-state index < -0.39 is 10.8 Å². The van der Waals surface area contributed by atoms with Crippen molar-refractivity contribution in [3.8, 4) is 17.4 Å². The number of benzene rings is 2. The average Bonchev–Trinajstić information content (AvgIpc) is 3.16. The van der Waals surface area contributed by atoms with Crippen LogP contribution >= 0.6 is 11.6 Å².